The molecule has 3 N–H and O–H groups in total. The van der Waals surface area contributed by atoms with Crippen LogP contribution in [-0.2, 0) is 6.42 Å². The highest BCUT2D eigenvalue weighted by Gasteiger charge is 2.30. The maximum atomic E-state index is 12.9. The zero-order valence-electron chi connectivity index (χ0n) is 14.2. The van der Waals surface area contributed by atoms with E-state index in [0.717, 1.165) is 11.1 Å². The first-order chi connectivity index (χ1) is 13.0. The van der Waals surface area contributed by atoms with Crippen molar-refractivity contribution in [3.8, 4) is 11.1 Å². The van der Waals surface area contributed by atoms with Gasteiger partial charge in [0.1, 0.15) is 0 Å². The van der Waals surface area contributed by atoms with Gasteiger partial charge < -0.3 is 10.8 Å². The number of Topliss-reactive ketones (excluding diaryl/α,β-unsaturated/α-hetero) is 1. The van der Waals surface area contributed by atoms with Crippen molar-refractivity contribution in [1.82, 2.24) is 0 Å². The number of carboxylic acids is 1. The van der Waals surface area contributed by atoms with E-state index in [0.29, 0.717) is 22.3 Å². The summed E-state index contributed by atoms with van der Waals surface area (Å²) in [6.45, 7) is 0. The van der Waals surface area contributed by atoms with Gasteiger partial charge in [-0.25, -0.2) is 4.79 Å². The minimum atomic E-state index is -1.15. The lowest BCUT2D eigenvalue weighted by Gasteiger charge is -2.08. The smallest absolute Gasteiger partial charge is 0.337 e. The lowest BCUT2D eigenvalue weighted by molar-refractivity contribution is 0.0697. The van der Waals surface area contributed by atoms with Gasteiger partial charge in [-0.1, -0.05) is 48.5 Å². The Morgan fingerprint density at radius 2 is 1.56 bits per heavy atom. The Balaban J connectivity index is 1.72. The molecular weight excluding hydrogens is 342 g/mol. The van der Waals surface area contributed by atoms with Gasteiger partial charge in [-0.2, -0.15) is 0 Å². The average molecular weight is 357 g/mol. The first-order valence-electron chi connectivity index (χ1n) is 8.39. The molecule has 0 bridgehead atoms. The van der Waals surface area contributed by atoms with Crippen LogP contribution in [-0.4, -0.2) is 22.6 Å². The molecule has 3 aromatic rings. The Morgan fingerprint density at radius 3 is 2.30 bits per heavy atom. The van der Waals surface area contributed by atoms with Gasteiger partial charge in [0.25, 0.3) is 0 Å². The van der Waals surface area contributed by atoms with Gasteiger partial charge in [-0.15, -0.1) is 0 Å². The van der Waals surface area contributed by atoms with Gasteiger partial charge in [0.05, 0.1) is 5.56 Å². The predicted octanol–water partition coefficient (Wildman–Crippen LogP) is 3.60. The molecule has 0 aliphatic heterocycles. The molecule has 27 heavy (non-hydrogen) atoms. The van der Waals surface area contributed by atoms with Crippen molar-refractivity contribution in [3.63, 3.8) is 0 Å². The van der Waals surface area contributed by atoms with Crippen molar-refractivity contribution >= 4 is 23.2 Å². The number of nitrogen functional groups attached to an aromatic ring is 1. The molecule has 1 aliphatic carbocycles. The number of rotatable bonds is 4. The summed E-state index contributed by atoms with van der Waals surface area (Å²) in [5.74, 6) is -1.55. The number of carbonyl (C=O) groups is 3. The minimum absolute atomic E-state index is 0.0133. The summed E-state index contributed by atoms with van der Waals surface area (Å²) >= 11 is 0. The number of fused-ring (bicyclic) bond motifs is 3. The maximum absolute atomic E-state index is 12.9. The number of carbonyl (C=O) groups excluding carboxylic acids is 2. The Morgan fingerprint density at radius 1 is 0.852 bits per heavy atom. The molecular formula is C22H15NO4. The first-order valence-corrected chi connectivity index (χ1v) is 8.39. The van der Waals surface area contributed by atoms with Crippen LogP contribution in [0, 0.1) is 0 Å². The van der Waals surface area contributed by atoms with Crippen LogP contribution in [0.4, 0.5) is 5.69 Å². The van der Waals surface area contributed by atoms with Crippen LogP contribution in [0.3, 0.4) is 0 Å². The fourth-order valence-electron chi connectivity index (χ4n) is 3.48. The van der Waals surface area contributed by atoms with Gasteiger partial charge >= 0.3 is 5.97 Å². The maximum Gasteiger partial charge on any atom is 0.337 e. The van der Waals surface area contributed by atoms with E-state index in [1.54, 1.807) is 30.3 Å². The van der Waals surface area contributed by atoms with E-state index in [-0.39, 0.29) is 29.2 Å². The molecule has 0 unspecified atom stereocenters. The highest BCUT2D eigenvalue weighted by atomic mass is 16.4. The average Bonchev–Trinajstić information content (AvgIpc) is 2.96. The van der Waals surface area contributed by atoms with Gasteiger partial charge in [-0.3, -0.25) is 9.59 Å². The van der Waals surface area contributed by atoms with Crippen LogP contribution < -0.4 is 5.73 Å². The molecule has 1 aliphatic rings. The number of aromatic carboxylic acids is 1. The molecule has 0 fully saturated rings. The fraction of sp³-hybridized carbons (Fsp3) is 0.0455. The molecule has 5 nitrogen and oxygen atoms in total. The van der Waals surface area contributed by atoms with E-state index < -0.39 is 5.97 Å². The molecule has 0 saturated heterocycles. The van der Waals surface area contributed by atoms with Crippen molar-refractivity contribution in [2.45, 2.75) is 6.42 Å². The summed E-state index contributed by atoms with van der Waals surface area (Å²) in [5.41, 5.74) is 9.24. The minimum Gasteiger partial charge on any atom is -0.478 e. The number of ketones is 2. The molecule has 0 spiro atoms. The second kappa shape index (κ2) is 6.21. The normalized spacial score (nSPS) is 11.8. The van der Waals surface area contributed by atoms with Crippen molar-refractivity contribution in [3.05, 3.63) is 88.5 Å². The molecule has 0 atom stereocenters. The van der Waals surface area contributed by atoms with Crippen LogP contribution >= 0.6 is 0 Å². The molecule has 3 aromatic carbocycles. The van der Waals surface area contributed by atoms with Gasteiger partial charge in [0.15, 0.2) is 11.6 Å². The van der Waals surface area contributed by atoms with E-state index >= 15 is 0 Å². The van der Waals surface area contributed by atoms with Crippen LogP contribution in [0.25, 0.3) is 11.1 Å². The molecule has 132 valence electrons. The van der Waals surface area contributed by atoms with Gasteiger partial charge in [-0.05, 0) is 28.8 Å². The highest BCUT2D eigenvalue weighted by molar-refractivity contribution is 6.26. The Bertz CT molecular complexity index is 1130. The molecule has 4 rings (SSSR count). The van der Waals surface area contributed by atoms with Crippen molar-refractivity contribution in [2.75, 3.05) is 5.73 Å². The van der Waals surface area contributed by atoms with E-state index in [4.69, 9.17) is 5.73 Å². The zero-order valence-corrected chi connectivity index (χ0v) is 14.2. The molecule has 0 saturated carbocycles. The predicted molar refractivity (Wildman–Crippen MR) is 101 cm³/mol. The number of hydrogen-bond acceptors (Lipinski definition) is 4. The van der Waals surface area contributed by atoms with E-state index in [9.17, 15) is 19.5 Å². The molecule has 0 amide bonds. The van der Waals surface area contributed by atoms with Gasteiger partial charge in [0.2, 0.25) is 0 Å². The van der Waals surface area contributed by atoms with E-state index in [2.05, 4.69) is 0 Å². The van der Waals surface area contributed by atoms with Crippen LogP contribution in [0.1, 0.15) is 42.2 Å². The highest BCUT2D eigenvalue weighted by Crippen LogP contribution is 2.38. The number of hydrogen-bond donors (Lipinski definition) is 2. The number of benzene rings is 3. The summed E-state index contributed by atoms with van der Waals surface area (Å²) in [7, 11) is 0. The largest absolute Gasteiger partial charge is 0.478 e. The third kappa shape index (κ3) is 2.69. The summed E-state index contributed by atoms with van der Waals surface area (Å²) < 4.78 is 0. The van der Waals surface area contributed by atoms with E-state index in [1.807, 2.05) is 18.2 Å². The zero-order chi connectivity index (χ0) is 19.1. The summed E-state index contributed by atoms with van der Waals surface area (Å²) in [5, 5.41) is 9.19. The third-order valence-corrected chi connectivity index (χ3v) is 4.77. The summed E-state index contributed by atoms with van der Waals surface area (Å²) in [6.07, 6.45) is -0.0133. The fourth-order valence-corrected chi connectivity index (χ4v) is 3.48. The third-order valence-electron chi connectivity index (χ3n) is 4.77. The Labute approximate surface area is 155 Å². The Kier molecular flexibility index (Phi) is 3.85. The summed E-state index contributed by atoms with van der Waals surface area (Å²) in [4.78, 5) is 37.0. The molecule has 0 aromatic heterocycles. The van der Waals surface area contributed by atoms with Crippen LogP contribution in [0.5, 0.6) is 0 Å². The van der Waals surface area contributed by atoms with Crippen molar-refractivity contribution in [1.29, 1.82) is 0 Å². The van der Waals surface area contributed by atoms with E-state index in [1.165, 1.54) is 12.1 Å². The number of anilines is 1. The van der Waals surface area contributed by atoms with Crippen molar-refractivity contribution in [2.24, 2.45) is 0 Å². The molecule has 5 heteroatoms. The SMILES string of the molecule is Nc1ccc(CC(=O)c2cccc3c2C(=O)c2ccccc2-3)cc1C(=O)O. The second-order valence-corrected chi connectivity index (χ2v) is 6.43. The molecule has 0 heterocycles. The topological polar surface area (TPSA) is 97.5 Å². The van der Waals surface area contributed by atoms with Gasteiger partial charge in [0, 0.05) is 28.8 Å². The van der Waals surface area contributed by atoms with Crippen LogP contribution in [0.2, 0.25) is 0 Å². The molecule has 0 radical (unpaired) electrons. The van der Waals surface area contributed by atoms with Crippen LogP contribution in [0.15, 0.2) is 60.7 Å². The lowest BCUT2D eigenvalue weighted by Crippen LogP contribution is -2.11. The first kappa shape index (κ1) is 16.7. The second-order valence-electron chi connectivity index (χ2n) is 6.43. The standard InChI is InChI=1S/C22H15NO4/c23-18-9-8-12(10-17(18)22(26)27)11-19(24)16-7-3-6-14-13-4-1-2-5-15(13)21(25)20(14)16/h1-10H,11,23H2,(H,26,27). The summed E-state index contributed by atoms with van der Waals surface area (Å²) in [6, 6.07) is 17.0. The Hall–Kier alpha value is -3.73. The van der Waals surface area contributed by atoms with Crippen molar-refractivity contribution < 1.29 is 19.5 Å². The number of nitrogens with two attached hydrogens (primary N) is 1. The lowest BCUT2D eigenvalue weighted by atomic mass is 9.94. The quantitative estimate of drug-likeness (QED) is 0.429. The monoisotopic (exact) mass is 357 g/mol. The number of carboxylic acid groups (broad SMARTS) is 1.